The van der Waals surface area contributed by atoms with Crippen molar-refractivity contribution in [2.75, 3.05) is 13.1 Å². The predicted octanol–water partition coefficient (Wildman–Crippen LogP) is -1.50. The van der Waals surface area contributed by atoms with E-state index in [1.807, 2.05) is 0 Å². The molecule has 118 valence electrons. The summed E-state index contributed by atoms with van der Waals surface area (Å²) in [5.74, 6) is 0. The molecular weight excluding hydrogens is 296 g/mol. The standard InChI is InChI=1S/C12H20N4O4S/c1-15-8-10(11(17)16(2)12(15)18)21(19,20)14-7-5-9-4-3-6-13-9/h8-9,13-14H,3-7H2,1-2H3. The molecule has 1 aromatic rings. The number of hydrogen-bond donors (Lipinski definition) is 2. The average molecular weight is 316 g/mol. The van der Waals surface area contributed by atoms with Crippen molar-refractivity contribution in [2.45, 2.75) is 30.2 Å². The lowest BCUT2D eigenvalue weighted by molar-refractivity contribution is 0.536. The second-order valence-corrected chi connectivity index (χ2v) is 6.97. The molecule has 1 saturated heterocycles. The molecule has 1 aliphatic heterocycles. The van der Waals surface area contributed by atoms with Gasteiger partial charge in [-0.05, 0) is 25.8 Å². The minimum Gasteiger partial charge on any atom is -0.314 e. The molecule has 1 unspecified atom stereocenters. The molecule has 9 heteroatoms. The zero-order valence-electron chi connectivity index (χ0n) is 12.1. The fourth-order valence-corrected chi connectivity index (χ4v) is 3.61. The van der Waals surface area contributed by atoms with Crippen LogP contribution in [0.3, 0.4) is 0 Å². The van der Waals surface area contributed by atoms with Gasteiger partial charge in [-0.15, -0.1) is 0 Å². The van der Waals surface area contributed by atoms with Crippen LogP contribution in [0.4, 0.5) is 0 Å². The quantitative estimate of drug-likeness (QED) is 0.689. The van der Waals surface area contributed by atoms with Crippen LogP contribution < -0.4 is 21.3 Å². The summed E-state index contributed by atoms with van der Waals surface area (Å²) in [4.78, 5) is 23.1. The second kappa shape index (κ2) is 6.12. The Labute approximate surface area is 122 Å². The Kier molecular flexibility index (Phi) is 4.64. The van der Waals surface area contributed by atoms with Crippen LogP contribution in [-0.2, 0) is 24.1 Å². The third kappa shape index (κ3) is 3.42. The Morgan fingerprint density at radius 1 is 1.38 bits per heavy atom. The number of aryl methyl sites for hydroxylation is 1. The van der Waals surface area contributed by atoms with Crippen LogP contribution in [-0.4, -0.2) is 36.7 Å². The molecule has 0 saturated carbocycles. The first-order chi connectivity index (χ1) is 9.83. The van der Waals surface area contributed by atoms with Crippen LogP contribution in [0.2, 0.25) is 0 Å². The summed E-state index contributed by atoms with van der Waals surface area (Å²) in [6.45, 7) is 1.21. The minimum atomic E-state index is -3.92. The van der Waals surface area contributed by atoms with Gasteiger partial charge in [-0.1, -0.05) is 0 Å². The fourth-order valence-electron chi connectivity index (χ4n) is 2.41. The van der Waals surface area contributed by atoms with E-state index in [0.717, 1.165) is 34.7 Å². The van der Waals surface area contributed by atoms with E-state index < -0.39 is 26.2 Å². The van der Waals surface area contributed by atoms with E-state index in [1.165, 1.54) is 14.1 Å². The molecule has 8 nitrogen and oxygen atoms in total. The maximum atomic E-state index is 12.2. The molecule has 0 bridgehead atoms. The molecule has 1 aromatic heterocycles. The van der Waals surface area contributed by atoms with Crippen LogP contribution in [0, 0.1) is 0 Å². The zero-order chi connectivity index (χ0) is 15.6. The van der Waals surface area contributed by atoms with Crippen LogP contribution in [0.1, 0.15) is 19.3 Å². The Morgan fingerprint density at radius 3 is 2.71 bits per heavy atom. The topological polar surface area (TPSA) is 102 Å². The third-order valence-corrected chi connectivity index (χ3v) is 5.09. The zero-order valence-corrected chi connectivity index (χ0v) is 12.9. The third-order valence-electron chi connectivity index (χ3n) is 3.65. The van der Waals surface area contributed by atoms with E-state index in [1.54, 1.807) is 0 Å². The summed E-state index contributed by atoms with van der Waals surface area (Å²) in [6.07, 6.45) is 3.86. The first kappa shape index (κ1) is 15.9. The summed E-state index contributed by atoms with van der Waals surface area (Å²) >= 11 is 0. The molecule has 1 aliphatic rings. The molecule has 2 N–H and O–H groups in total. The van der Waals surface area contributed by atoms with E-state index >= 15 is 0 Å². The van der Waals surface area contributed by atoms with Gasteiger partial charge in [-0.2, -0.15) is 0 Å². The van der Waals surface area contributed by atoms with Crippen LogP contribution >= 0.6 is 0 Å². The Hall–Kier alpha value is -1.45. The Balaban J connectivity index is 2.16. The summed E-state index contributed by atoms with van der Waals surface area (Å²) in [5, 5.41) is 3.27. The molecule has 0 radical (unpaired) electrons. The van der Waals surface area contributed by atoms with Gasteiger partial charge in [0.05, 0.1) is 0 Å². The van der Waals surface area contributed by atoms with Gasteiger partial charge in [0.15, 0.2) is 4.90 Å². The van der Waals surface area contributed by atoms with Crippen molar-refractivity contribution in [3.8, 4) is 0 Å². The number of rotatable bonds is 5. The lowest BCUT2D eigenvalue weighted by Crippen LogP contribution is -2.42. The minimum absolute atomic E-state index is 0.256. The Morgan fingerprint density at radius 2 is 2.10 bits per heavy atom. The van der Waals surface area contributed by atoms with Crippen molar-refractivity contribution in [1.82, 2.24) is 19.2 Å². The monoisotopic (exact) mass is 316 g/mol. The highest BCUT2D eigenvalue weighted by Crippen LogP contribution is 2.08. The van der Waals surface area contributed by atoms with Gasteiger partial charge in [-0.25, -0.2) is 17.9 Å². The number of nitrogens with one attached hydrogen (secondary N) is 2. The normalized spacial score (nSPS) is 19.0. The molecule has 0 amide bonds. The predicted molar refractivity (Wildman–Crippen MR) is 77.8 cm³/mol. The molecule has 0 aromatic carbocycles. The first-order valence-corrected chi connectivity index (χ1v) is 8.31. The van der Waals surface area contributed by atoms with Crippen molar-refractivity contribution in [3.63, 3.8) is 0 Å². The van der Waals surface area contributed by atoms with E-state index in [0.29, 0.717) is 12.5 Å². The SMILES string of the molecule is Cn1cc(S(=O)(=O)NCCC2CCCN2)c(=O)n(C)c1=O. The summed E-state index contributed by atoms with van der Waals surface area (Å²) < 4.78 is 28.6. The van der Waals surface area contributed by atoms with E-state index in [9.17, 15) is 18.0 Å². The van der Waals surface area contributed by atoms with Gasteiger partial charge < -0.3 is 9.88 Å². The van der Waals surface area contributed by atoms with Crippen LogP contribution in [0.25, 0.3) is 0 Å². The largest absolute Gasteiger partial charge is 0.330 e. The number of sulfonamides is 1. The molecular formula is C12H20N4O4S. The smallest absolute Gasteiger partial charge is 0.314 e. The van der Waals surface area contributed by atoms with Crippen LogP contribution in [0.15, 0.2) is 20.7 Å². The highest BCUT2D eigenvalue weighted by atomic mass is 32.2. The average Bonchev–Trinajstić information content (AvgIpc) is 2.93. The molecule has 2 rings (SSSR count). The summed E-state index contributed by atoms with van der Waals surface area (Å²) in [6, 6.07) is 0.315. The van der Waals surface area contributed by atoms with E-state index in [4.69, 9.17) is 0 Å². The summed E-state index contributed by atoms with van der Waals surface area (Å²) in [5.41, 5.74) is -1.38. The highest BCUT2D eigenvalue weighted by Gasteiger charge is 2.22. The van der Waals surface area contributed by atoms with Gasteiger partial charge in [0.25, 0.3) is 5.56 Å². The number of hydrogen-bond acceptors (Lipinski definition) is 5. The number of aromatic nitrogens is 2. The lowest BCUT2D eigenvalue weighted by atomic mass is 10.2. The van der Waals surface area contributed by atoms with Crippen molar-refractivity contribution in [1.29, 1.82) is 0 Å². The Bertz CT molecular complexity index is 729. The van der Waals surface area contributed by atoms with Gasteiger partial charge >= 0.3 is 5.69 Å². The molecule has 2 heterocycles. The number of nitrogens with zero attached hydrogens (tertiary/aromatic N) is 2. The van der Waals surface area contributed by atoms with Crippen molar-refractivity contribution in [2.24, 2.45) is 14.1 Å². The lowest BCUT2D eigenvalue weighted by Gasteiger charge is -2.12. The van der Waals surface area contributed by atoms with Gasteiger partial charge in [0.1, 0.15) is 0 Å². The fraction of sp³-hybridized carbons (Fsp3) is 0.667. The van der Waals surface area contributed by atoms with Crippen molar-refractivity contribution >= 4 is 10.0 Å². The summed E-state index contributed by atoms with van der Waals surface area (Å²) in [7, 11) is -1.25. The maximum absolute atomic E-state index is 12.2. The van der Waals surface area contributed by atoms with Crippen molar-refractivity contribution in [3.05, 3.63) is 27.0 Å². The molecule has 21 heavy (non-hydrogen) atoms. The highest BCUT2D eigenvalue weighted by molar-refractivity contribution is 7.89. The van der Waals surface area contributed by atoms with Gasteiger partial charge in [0.2, 0.25) is 10.0 Å². The van der Waals surface area contributed by atoms with Crippen LogP contribution in [0.5, 0.6) is 0 Å². The van der Waals surface area contributed by atoms with Crippen molar-refractivity contribution < 1.29 is 8.42 Å². The van der Waals surface area contributed by atoms with E-state index in [-0.39, 0.29) is 6.54 Å². The molecule has 0 spiro atoms. The second-order valence-electron chi connectivity index (χ2n) is 5.23. The van der Waals surface area contributed by atoms with E-state index in [2.05, 4.69) is 10.0 Å². The molecule has 1 fully saturated rings. The first-order valence-electron chi connectivity index (χ1n) is 6.82. The maximum Gasteiger partial charge on any atom is 0.330 e. The van der Waals surface area contributed by atoms with Gasteiger partial charge in [-0.3, -0.25) is 9.36 Å². The molecule has 0 aliphatic carbocycles. The van der Waals surface area contributed by atoms with Gasteiger partial charge in [0, 0.05) is 32.9 Å². The molecule has 1 atom stereocenters.